The van der Waals surface area contributed by atoms with Crippen LogP contribution in [-0.4, -0.2) is 34.2 Å². The summed E-state index contributed by atoms with van der Waals surface area (Å²) in [5.41, 5.74) is 5.49. The third-order valence-corrected chi connectivity index (χ3v) is 2.42. The van der Waals surface area contributed by atoms with Gasteiger partial charge in [0, 0.05) is 6.61 Å². The van der Waals surface area contributed by atoms with Crippen LogP contribution in [0.5, 0.6) is 0 Å². The molecule has 0 amide bonds. The summed E-state index contributed by atoms with van der Waals surface area (Å²) in [5.74, 6) is 0.852. The highest BCUT2D eigenvalue weighted by Gasteiger charge is 2.15. The van der Waals surface area contributed by atoms with Crippen LogP contribution in [-0.2, 0) is 4.74 Å². The van der Waals surface area contributed by atoms with Crippen molar-refractivity contribution in [1.29, 1.82) is 0 Å². The van der Waals surface area contributed by atoms with Crippen molar-refractivity contribution in [3.05, 3.63) is 5.28 Å². The second kappa shape index (κ2) is 6.56. The fourth-order valence-corrected chi connectivity index (χ4v) is 1.41. The third-order valence-electron chi connectivity index (χ3n) is 2.25. The first kappa shape index (κ1) is 13.9. The highest BCUT2D eigenvalue weighted by atomic mass is 35.5. The molecule has 1 aromatic rings. The van der Waals surface area contributed by atoms with Crippen molar-refractivity contribution in [2.24, 2.45) is 5.92 Å². The molecule has 1 unspecified atom stereocenters. The lowest BCUT2D eigenvalue weighted by atomic mass is 10.1. The van der Waals surface area contributed by atoms with E-state index < -0.39 is 0 Å². The first-order valence-corrected chi connectivity index (χ1v) is 5.92. The van der Waals surface area contributed by atoms with Crippen molar-refractivity contribution in [1.82, 2.24) is 15.0 Å². The van der Waals surface area contributed by atoms with E-state index in [1.54, 1.807) is 0 Å². The lowest BCUT2D eigenvalue weighted by Gasteiger charge is -2.21. The number of nitrogens with zero attached hydrogens (tertiary/aromatic N) is 3. The largest absolute Gasteiger partial charge is 0.380 e. The number of rotatable bonds is 6. The summed E-state index contributed by atoms with van der Waals surface area (Å²) in [6.07, 6.45) is 0. The predicted octanol–water partition coefficient (Wildman–Crippen LogP) is 1.58. The van der Waals surface area contributed by atoms with Crippen LogP contribution in [0.1, 0.15) is 20.8 Å². The van der Waals surface area contributed by atoms with E-state index in [1.807, 2.05) is 6.92 Å². The first-order valence-electron chi connectivity index (χ1n) is 5.54. The van der Waals surface area contributed by atoms with Gasteiger partial charge in [0.2, 0.25) is 17.2 Å². The van der Waals surface area contributed by atoms with Gasteiger partial charge in [0.1, 0.15) is 0 Å². The van der Waals surface area contributed by atoms with Crippen LogP contribution in [0.3, 0.4) is 0 Å². The molecule has 6 nitrogen and oxygen atoms in total. The van der Waals surface area contributed by atoms with E-state index in [1.165, 1.54) is 0 Å². The molecular formula is C10H18ClN5O. The highest BCUT2D eigenvalue weighted by molar-refractivity contribution is 6.28. The zero-order valence-electron chi connectivity index (χ0n) is 10.3. The predicted molar refractivity (Wildman–Crippen MR) is 68.0 cm³/mol. The molecule has 1 atom stereocenters. The van der Waals surface area contributed by atoms with E-state index in [-0.39, 0.29) is 17.3 Å². The Kier molecular flexibility index (Phi) is 5.37. The molecule has 1 heterocycles. The van der Waals surface area contributed by atoms with Gasteiger partial charge in [-0.25, -0.2) is 0 Å². The molecule has 1 rings (SSSR count). The molecule has 0 bridgehead atoms. The quantitative estimate of drug-likeness (QED) is 0.807. The number of hydrogen-bond acceptors (Lipinski definition) is 6. The molecule has 1 aromatic heterocycles. The minimum atomic E-state index is 0.0823. The minimum absolute atomic E-state index is 0.0823. The molecule has 0 saturated carbocycles. The number of nitrogens with one attached hydrogen (secondary N) is 1. The number of aromatic nitrogens is 3. The zero-order chi connectivity index (χ0) is 12.8. The van der Waals surface area contributed by atoms with Gasteiger partial charge in [-0.1, -0.05) is 13.8 Å². The van der Waals surface area contributed by atoms with Crippen LogP contribution in [0.15, 0.2) is 0 Å². The smallest absolute Gasteiger partial charge is 0.229 e. The number of nitrogen functional groups attached to an aromatic ring is 1. The Labute approximate surface area is 106 Å². The number of hydrogen-bond donors (Lipinski definition) is 2. The fourth-order valence-electron chi connectivity index (χ4n) is 1.24. The van der Waals surface area contributed by atoms with Crippen LogP contribution < -0.4 is 11.1 Å². The summed E-state index contributed by atoms with van der Waals surface area (Å²) in [6, 6.07) is 0.104. The summed E-state index contributed by atoms with van der Waals surface area (Å²) < 4.78 is 5.39. The van der Waals surface area contributed by atoms with Crippen LogP contribution in [0.4, 0.5) is 11.9 Å². The lowest BCUT2D eigenvalue weighted by Crippen LogP contribution is -2.32. The summed E-state index contributed by atoms with van der Waals surface area (Å²) >= 11 is 5.70. The van der Waals surface area contributed by atoms with Gasteiger partial charge < -0.3 is 15.8 Å². The second-order valence-electron chi connectivity index (χ2n) is 3.94. The van der Waals surface area contributed by atoms with Crippen molar-refractivity contribution in [2.45, 2.75) is 26.8 Å². The van der Waals surface area contributed by atoms with Crippen molar-refractivity contribution in [3.63, 3.8) is 0 Å². The molecule has 0 radical (unpaired) electrons. The van der Waals surface area contributed by atoms with E-state index in [0.29, 0.717) is 25.1 Å². The van der Waals surface area contributed by atoms with E-state index >= 15 is 0 Å². The van der Waals surface area contributed by atoms with Crippen molar-refractivity contribution in [3.8, 4) is 0 Å². The normalized spacial score (nSPS) is 12.8. The molecule has 0 spiro atoms. The van der Waals surface area contributed by atoms with Crippen LogP contribution in [0, 0.1) is 5.92 Å². The monoisotopic (exact) mass is 259 g/mol. The molecule has 7 heteroatoms. The average molecular weight is 260 g/mol. The Morgan fingerprint density at radius 1 is 1.35 bits per heavy atom. The summed E-state index contributed by atoms with van der Waals surface area (Å²) in [4.78, 5) is 11.6. The Morgan fingerprint density at radius 2 is 2.06 bits per heavy atom. The number of ether oxygens (including phenoxy) is 1. The Balaban J connectivity index is 2.71. The van der Waals surface area contributed by atoms with Gasteiger partial charge in [0.05, 0.1) is 12.6 Å². The van der Waals surface area contributed by atoms with Gasteiger partial charge >= 0.3 is 0 Å². The SMILES string of the molecule is CCOCC(Nc1nc(N)nc(Cl)n1)C(C)C. The van der Waals surface area contributed by atoms with E-state index in [9.17, 15) is 0 Å². The number of halogens is 1. The first-order chi connectivity index (χ1) is 8.02. The molecule has 3 N–H and O–H groups in total. The number of nitrogens with two attached hydrogens (primary N) is 1. The van der Waals surface area contributed by atoms with Crippen LogP contribution >= 0.6 is 11.6 Å². The summed E-state index contributed by atoms with van der Waals surface area (Å²) in [6.45, 7) is 7.38. The van der Waals surface area contributed by atoms with Crippen molar-refractivity contribution in [2.75, 3.05) is 24.3 Å². The van der Waals surface area contributed by atoms with Gasteiger partial charge in [0.15, 0.2) is 0 Å². The van der Waals surface area contributed by atoms with Gasteiger partial charge in [-0.2, -0.15) is 15.0 Å². The van der Waals surface area contributed by atoms with Crippen LogP contribution in [0.2, 0.25) is 5.28 Å². The van der Waals surface area contributed by atoms with Crippen LogP contribution in [0.25, 0.3) is 0 Å². The second-order valence-corrected chi connectivity index (χ2v) is 4.28. The van der Waals surface area contributed by atoms with E-state index in [2.05, 4.69) is 34.1 Å². The standard InChI is InChI=1S/C10H18ClN5O/c1-4-17-5-7(6(2)3)13-10-15-8(11)14-9(12)16-10/h6-7H,4-5H2,1-3H3,(H3,12,13,14,15,16). The maximum absolute atomic E-state index is 5.70. The van der Waals surface area contributed by atoms with Gasteiger partial charge in [-0.15, -0.1) is 0 Å². The maximum atomic E-state index is 5.70. The molecular weight excluding hydrogens is 242 g/mol. The Hall–Kier alpha value is -1.14. The summed E-state index contributed by atoms with van der Waals surface area (Å²) in [7, 11) is 0. The molecule has 17 heavy (non-hydrogen) atoms. The van der Waals surface area contributed by atoms with Crippen molar-refractivity contribution < 1.29 is 4.74 Å². The minimum Gasteiger partial charge on any atom is -0.380 e. The Bertz CT molecular complexity index is 340. The van der Waals surface area contributed by atoms with Gasteiger partial charge in [-0.05, 0) is 24.4 Å². The molecule has 96 valence electrons. The third kappa shape index (κ3) is 4.70. The summed E-state index contributed by atoms with van der Waals surface area (Å²) in [5, 5.41) is 3.23. The zero-order valence-corrected chi connectivity index (χ0v) is 11.0. The topological polar surface area (TPSA) is 86.0 Å². The Morgan fingerprint density at radius 3 is 2.59 bits per heavy atom. The van der Waals surface area contributed by atoms with Gasteiger partial charge in [-0.3, -0.25) is 0 Å². The molecule has 0 fully saturated rings. The lowest BCUT2D eigenvalue weighted by molar-refractivity contribution is 0.126. The molecule has 0 aliphatic carbocycles. The molecule has 0 aliphatic heterocycles. The number of anilines is 2. The van der Waals surface area contributed by atoms with Gasteiger partial charge in [0.25, 0.3) is 0 Å². The average Bonchev–Trinajstić information content (AvgIpc) is 2.22. The fraction of sp³-hybridized carbons (Fsp3) is 0.700. The molecule has 0 aliphatic rings. The van der Waals surface area contributed by atoms with Crippen molar-refractivity contribution >= 4 is 23.5 Å². The maximum Gasteiger partial charge on any atom is 0.229 e. The van der Waals surface area contributed by atoms with E-state index in [4.69, 9.17) is 22.1 Å². The molecule has 0 saturated heterocycles. The molecule has 0 aromatic carbocycles. The highest BCUT2D eigenvalue weighted by Crippen LogP contribution is 2.12. The van der Waals surface area contributed by atoms with E-state index in [0.717, 1.165) is 0 Å².